The molecule has 162 valence electrons. The molecule has 1 amide bonds. The molecule has 0 bridgehead atoms. The zero-order valence-electron chi connectivity index (χ0n) is 18.6. The van der Waals surface area contributed by atoms with Gasteiger partial charge in [-0.3, -0.25) is 14.7 Å². The van der Waals surface area contributed by atoms with E-state index in [4.69, 9.17) is 0 Å². The van der Waals surface area contributed by atoms with Gasteiger partial charge in [0.2, 0.25) is 5.91 Å². The second-order valence-corrected chi connectivity index (χ2v) is 7.16. The maximum Gasteiger partial charge on any atom is 0.221 e. The van der Waals surface area contributed by atoms with E-state index in [0.717, 1.165) is 44.2 Å². The molecule has 6 heteroatoms. The van der Waals surface area contributed by atoms with Gasteiger partial charge in [0.15, 0.2) is 5.96 Å². The van der Waals surface area contributed by atoms with Crippen LogP contribution in [0.25, 0.3) is 0 Å². The van der Waals surface area contributed by atoms with E-state index in [0.29, 0.717) is 6.04 Å². The van der Waals surface area contributed by atoms with Gasteiger partial charge >= 0.3 is 0 Å². The molecule has 3 N–H and O–H groups in total. The predicted molar refractivity (Wildman–Crippen MR) is 126 cm³/mol. The summed E-state index contributed by atoms with van der Waals surface area (Å²) in [6, 6.07) is 18.8. The van der Waals surface area contributed by atoms with E-state index in [-0.39, 0.29) is 5.91 Å². The summed E-state index contributed by atoms with van der Waals surface area (Å²) in [6.07, 6.45) is 0.874. The number of hydrogen-bond donors (Lipinski definition) is 3. The first-order valence-electron chi connectivity index (χ1n) is 10.7. The van der Waals surface area contributed by atoms with Crippen LogP contribution in [0.1, 0.15) is 37.9 Å². The van der Waals surface area contributed by atoms with Gasteiger partial charge in [-0.1, -0.05) is 56.3 Å². The largest absolute Gasteiger partial charge is 0.356 e. The number of carbonyl (C=O) groups excluding carboxylic acids is 1. The van der Waals surface area contributed by atoms with Crippen LogP contribution >= 0.6 is 0 Å². The Morgan fingerprint density at radius 2 is 1.67 bits per heavy atom. The van der Waals surface area contributed by atoms with Crippen molar-refractivity contribution in [2.24, 2.45) is 4.99 Å². The van der Waals surface area contributed by atoms with E-state index in [1.165, 1.54) is 18.1 Å². The van der Waals surface area contributed by atoms with Gasteiger partial charge in [-0.25, -0.2) is 0 Å². The van der Waals surface area contributed by atoms with E-state index in [2.05, 4.69) is 70.0 Å². The topological polar surface area (TPSA) is 68.8 Å². The molecule has 0 aromatic heterocycles. The average Bonchev–Trinajstić information content (AvgIpc) is 2.76. The van der Waals surface area contributed by atoms with Crippen LogP contribution in [-0.4, -0.2) is 50.0 Å². The van der Waals surface area contributed by atoms with E-state index < -0.39 is 0 Å². The molecule has 1 atom stereocenters. The number of guanidine groups is 1. The SMILES string of the molecule is CCN(CC)C(CNC(=NC)NCCc1ccc(NC(C)=O)cc1)c1ccccc1. The third kappa shape index (κ3) is 7.52. The summed E-state index contributed by atoms with van der Waals surface area (Å²) in [5, 5.41) is 9.67. The van der Waals surface area contributed by atoms with Crippen LogP contribution in [0.4, 0.5) is 5.69 Å². The van der Waals surface area contributed by atoms with Crippen LogP contribution < -0.4 is 16.0 Å². The molecule has 0 aliphatic rings. The third-order valence-electron chi connectivity index (χ3n) is 5.10. The number of rotatable bonds is 10. The number of carbonyl (C=O) groups is 1. The molecule has 0 aliphatic heterocycles. The lowest BCUT2D eigenvalue weighted by Gasteiger charge is -2.30. The number of nitrogens with one attached hydrogen (secondary N) is 3. The first-order chi connectivity index (χ1) is 14.6. The predicted octanol–water partition coefficient (Wildman–Crippen LogP) is 3.44. The van der Waals surface area contributed by atoms with Crippen LogP contribution in [0.2, 0.25) is 0 Å². The van der Waals surface area contributed by atoms with Gasteiger partial charge in [-0.15, -0.1) is 0 Å². The normalized spacial score (nSPS) is 12.5. The van der Waals surface area contributed by atoms with Gasteiger partial charge < -0.3 is 16.0 Å². The first-order valence-corrected chi connectivity index (χ1v) is 10.7. The Morgan fingerprint density at radius 3 is 2.23 bits per heavy atom. The number of amides is 1. The molecule has 0 spiro atoms. The van der Waals surface area contributed by atoms with E-state index in [1.54, 1.807) is 7.05 Å². The Morgan fingerprint density at radius 1 is 1.00 bits per heavy atom. The molecule has 6 nitrogen and oxygen atoms in total. The fourth-order valence-electron chi connectivity index (χ4n) is 3.49. The van der Waals surface area contributed by atoms with Crippen molar-refractivity contribution in [3.05, 3.63) is 65.7 Å². The summed E-state index contributed by atoms with van der Waals surface area (Å²) in [6.45, 7) is 9.47. The monoisotopic (exact) mass is 409 g/mol. The lowest BCUT2D eigenvalue weighted by atomic mass is 10.1. The van der Waals surface area contributed by atoms with Crippen molar-refractivity contribution >= 4 is 17.6 Å². The van der Waals surface area contributed by atoms with Crippen molar-refractivity contribution in [1.29, 1.82) is 0 Å². The van der Waals surface area contributed by atoms with Crippen LogP contribution in [0.5, 0.6) is 0 Å². The minimum Gasteiger partial charge on any atom is -0.356 e. The van der Waals surface area contributed by atoms with Crippen LogP contribution in [0.3, 0.4) is 0 Å². The lowest BCUT2D eigenvalue weighted by Crippen LogP contribution is -2.43. The lowest BCUT2D eigenvalue weighted by molar-refractivity contribution is -0.114. The molecule has 2 aromatic rings. The Hall–Kier alpha value is -2.86. The van der Waals surface area contributed by atoms with Crippen molar-refractivity contribution < 1.29 is 4.79 Å². The fraction of sp³-hybridized carbons (Fsp3) is 0.417. The molecule has 0 fully saturated rings. The van der Waals surface area contributed by atoms with Gasteiger partial charge in [-0.05, 0) is 42.8 Å². The highest BCUT2D eigenvalue weighted by atomic mass is 16.1. The summed E-state index contributed by atoms with van der Waals surface area (Å²) in [7, 11) is 1.80. The molecule has 0 saturated heterocycles. The standard InChI is InChI=1S/C24H35N5O/c1-5-29(6-2)23(21-10-8-7-9-11-21)18-27-24(25-4)26-17-16-20-12-14-22(15-13-20)28-19(3)30/h7-15,23H,5-6,16-18H2,1-4H3,(H,28,30)(H2,25,26,27). The highest BCUT2D eigenvalue weighted by molar-refractivity contribution is 5.88. The summed E-state index contributed by atoms with van der Waals surface area (Å²) >= 11 is 0. The van der Waals surface area contributed by atoms with E-state index in [1.807, 2.05) is 24.3 Å². The molecular formula is C24H35N5O. The zero-order valence-corrected chi connectivity index (χ0v) is 18.6. The van der Waals surface area contributed by atoms with Gasteiger partial charge in [0.05, 0.1) is 6.04 Å². The van der Waals surface area contributed by atoms with Crippen molar-refractivity contribution in [2.75, 3.05) is 38.5 Å². The van der Waals surface area contributed by atoms with Crippen molar-refractivity contribution in [3.8, 4) is 0 Å². The van der Waals surface area contributed by atoms with Crippen molar-refractivity contribution in [1.82, 2.24) is 15.5 Å². The fourth-order valence-corrected chi connectivity index (χ4v) is 3.49. The van der Waals surface area contributed by atoms with Crippen molar-refractivity contribution in [2.45, 2.75) is 33.2 Å². The van der Waals surface area contributed by atoms with Gasteiger partial charge in [0, 0.05) is 32.7 Å². The smallest absolute Gasteiger partial charge is 0.221 e. The Labute approximate surface area is 180 Å². The molecule has 30 heavy (non-hydrogen) atoms. The Bertz CT molecular complexity index is 785. The molecule has 0 heterocycles. The molecule has 2 rings (SSSR count). The summed E-state index contributed by atoms with van der Waals surface area (Å²) in [5.74, 6) is 0.746. The summed E-state index contributed by atoms with van der Waals surface area (Å²) in [5.41, 5.74) is 3.33. The van der Waals surface area contributed by atoms with Gasteiger partial charge in [0.25, 0.3) is 0 Å². The Kier molecular flexibility index (Phi) is 9.87. The number of nitrogens with zero attached hydrogens (tertiary/aromatic N) is 2. The number of likely N-dealkylation sites (N-methyl/N-ethyl adjacent to an activating group) is 1. The minimum atomic E-state index is -0.0576. The van der Waals surface area contributed by atoms with E-state index >= 15 is 0 Å². The Balaban J connectivity index is 1.87. The maximum atomic E-state index is 11.1. The molecule has 2 aromatic carbocycles. The molecular weight excluding hydrogens is 374 g/mol. The molecule has 0 radical (unpaired) electrons. The van der Waals surface area contributed by atoms with Crippen LogP contribution in [-0.2, 0) is 11.2 Å². The van der Waals surface area contributed by atoms with Crippen molar-refractivity contribution in [3.63, 3.8) is 0 Å². The molecule has 1 unspecified atom stereocenters. The van der Waals surface area contributed by atoms with Gasteiger partial charge in [-0.2, -0.15) is 0 Å². The molecule has 0 aliphatic carbocycles. The quantitative estimate of drug-likeness (QED) is 0.415. The third-order valence-corrected chi connectivity index (χ3v) is 5.10. The summed E-state index contributed by atoms with van der Waals surface area (Å²) in [4.78, 5) is 17.9. The van der Waals surface area contributed by atoms with Gasteiger partial charge in [0.1, 0.15) is 0 Å². The maximum absolute atomic E-state index is 11.1. The highest BCUT2D eigenvalue weighted by Crippen LogP contribution is 2.19. The summed E-state index contributed by atoms with van der Waals surface area (Å²) < 4.78 is 0. The molecule has 0 saturated carbocycles. The number of aliphatic imine (C=N–C) groups is 1. The first kappa shape index (κ1) is 23.4. The highest BCUT2D eigenvalue weighted by Gasteiger charge is 2.18. The van der Waals surface area contributed by atoms with Crippen LogP contribution in [0, 0.1) is 0 Å². The second kappa shape index (κ2) is 12.6. The van der Waals surface area contributed by atoms with Crippen LogP contribution in [0.15, 0.2) is 59.6 Å². The number of hydrogen-bond acceptors (Lipinski definition) is 3. The minimum absolute atomic E-state index is 0.0576. The van der Waals surface area contributed by atoms with E-state index in [9.17, 15) is 4.79 Å². The number of benzene rings is 2. The average molecular weight is 410 g/mol. The zero-order chi connectivity index (χ0) is 21.8. The second-order valence-electron chi connectivity index (χ2n) is 7.16. The number of anilines is 1.